The number of hydrogen-bond donors (Lipinski definition) is 1. The maximum absolute atomic E-state index is 11.8. The fourth-order valence-electron chi connectivity index (χ4n) is 1.42. The lowest BCUT2D eigenvalue weighted by Crippen LogP contribution is -2.29. The van der Waals surface area contributed by atoms with Gasteiger partial charge in [-0.3, -0.25) is 9.59 Å². The molecule has 0 saturated carbocycles. The van der Waals surface area contributed by atoms with Gasteiger partial charge in [-0.15, -0.1) is 11.3 Å². The molecule has 0 atom stereocenters. The fraction of sp³-hybridized carbons (Fsp3) is 0.0769. The molecule has 0 bridgehead atoms. The Labute approximate surface area is 113 Å². The number of thiophene rings is 1. The molecule has 2 rings (SSSR count). The SMILES string of the molecule is O=C(NCC(=O)c1cccs1)c1cccc(Cl)c1. The Morgan fingerprint density at radius 1 is 1.22 bits per heavy atom. The third-order valence-electron chi connectivity index (χ3n) is 2.29. The fourth-order valence-corrected chi connectivity index (χ4v) is 2.27. The monoisotopic (exact) mass is 279 g/mol. The molecule has 0 aliphatic carbocycles. The zero-order valence-electron chi connectivity index (χ0n) is 9.35. The quantitative estimate of drug-likeness (QED) is 0.875. The highest BCUT2D eigenvalue weighted by molar-refractivity contribution is 7.12. The van der Waals surface area contributed by atoms with Crippen molar-refractivity contribution >= 4 is 34.6 Å². The third kappa shape index (κ3) is 3.18. The number of nitrogens with one attached hydrogen (secondary N) is 1. The Morgan fingerprint density at radius 2 is 2.06 bits per heavy atom. The van der Waals surface area contributed by atoms with Gasteiger partial charge in [0, 0.05) is 10.6 Å². The molecule has 0 aliphatic rings. The smallest absolute Gasteiger partial charge is 0.251 e. The first-order valence-electron chi connectivity index (χ1n) is 5.27. The molecular formula is C13H10ClNO2S. The van der Waals surface area contributed by atoms with Gasteiger partial charge in [0.05, 0.1) is 11.4 Å². The van der Waals surface area contributed by atoms with Crippen LogP contribution in [0.1, 0.15) is 20.0 Å². The van der Waals surface area contributed by atoms with Gasteiger partial charge in [-0.1, -0.05) is 23.7 Å². The first-order valence-corrected chi connectivity index (χ1v) is 6.53. The average Bonchev–Trinajstić information content (AvgIpc) is 2.89. The lowest BCUT2D eigenvalue weighted by atomic mass is 10.2. The van der Waals surface area contributed by atoms with Crippen LogP contribution >= 0.6 is 22.9 Å². The largest absolute Gasteiger partial charge is 0.345 e. The third-order valence-corrected chi connectivity index (χ3v) is 3.44. The van der Waals surface area contributed by atoms with Crippen molar-refractivity contribution in [1.29, 1.82) is 0 Å². The summed E-state index contributed by atoms with van der Waals surface area (Å²) in [6, 6.07) is 10.1. The maximum atomic E-state index is 11.8. The van der Waals surface area contributed by atoms with E-state index in [1.54, 1.807) is 36.4 Å². The number of hydrogen-bond acceptors (Lipinski definition) is 3. The normalized spacial score (nSPS) is 10.1. The van der Waals surface area contributed by atoms with E-state index in [1.807, 2.05) is 5.38 Å². The molecule has 0 fully saturated rings. The van der Waals surface area contributed by atoms with Gasteiger partial charge in [-0.2, -0.15) is 0 Å². The molecule has 18 heavy (non-hydrogen) atoms. The number of halogens is 1. The van der Waals surface area contributed by atoms with E-state index in [1.165, 1.54) is 11.3 Å². The van der Waals surface area contributed by atoms with Crippen LogP contribution in [0.3, 0.4) is 0 Å². The van der Waals surface area contributed by atoms with E-state index in [-0.39, 0.29) is 18.2 Å². The summed E-state index contributed by atoms with van der Waals surface area (Å²) in [6.45, 7) is -0.00808. The van der Waals surface area contributed by atoms with Crippen LogP contribution in [0.4, 0.5) is 0 Å². The van der Waals surface area contributed by atoms with E-state index in [9.17, 15) is 9.59 Å². The molecule has 1 N–H and O–H groups in total. The molecule has 2 aromatic rings. The molecule has 1 heterocycles. The predicted octanol–water partition coefficient (Wildman–Crippen LogP) is 3.01. The first kappa shape index (κ1) is 12.8. The van der Waals surface area contributed by atoms with Crippen LogP contribution in [-0.4, -0.2) is 18.2 Å². The molecular weight excluding hydrogens is 270 g/mol. The van der Waals surface area contributed by atoms with Crippen molar-refractivity contribution in [1.82, 2.24) is 5.32 Å². The molecule has 3 nitrogen and oxygen atoms in total. The van der Waals surface area contributed by atoms with Crippen molar-refractivity contribution in [3.8, 4) is 0 Å². The van der Waals surface area contributed by atoms with Crippen molar-refractivity contribution in [3.63, 3.8) is 0 Å². The van der Waals surface area contributed by atoms with Crippen LogP contribution in [-0.2, 0) is 0 Å². The average molecular weight is 280 g/mol. The lowest BCUT2D eigenvalue weighted by molar-refractivity contribution is 0.0905. The molecule has 0 saturated heterocycles. The molecule has 0 radical (unpaired) electrons. The van der Waals surface area contributed by atoms with Crippen LogP contribution in [0.2, 0.25) is 5.02 Å². The minimum absolute atomic E-state index is 0.00808. The second kappa shape index (κ2) is 5.80. The summed E-state index contributed by atoms with van der Waals surface area (Å²) in [7, 11) is 0. The number of benzene rings is 1. The highest BCUT2D eigenvalue weighted by atomic mass is 35.5. The Kier molecular flexibility index (Phi) is 4.12. The standard InChI is InChI=1S/C13H10ClNO2S/c14-10-4-1-3-9(7-10)13(17)15-8-11(16)12-5-2-6-18-12/h1-7H,8H2,(H,15,17). The Balaban J connectivity index is 1.95. The molecule has 5 heteroatoms. The van der Waals surface area contributed by atoms with Crippen LogP contribution in [0, 0.1) is 0 Å². The summed E-state index contributed by atoms with van der Waals surface area (Å²) in [6.07, 6.45) is 0. The number of carbonyl (C=O) groups excluding carboxylic acids is 2. The van der Waals surface area contributed by atoms with E-state index >= 15 is 0 Å². The number of rotatable bonds is 4. The minimum atomic E-state index is -0.303. The Morgan fingerprint density at radius 3 is 2.72 bits per heavy atom. The van der Waals surface area contributed by atoms with Gasteiger partial charge in [0.25, 0.3) is 5.91 Å². The van der Waals surface area contributed by atoms with Gasteiger partial charge in [0.2, 0.25) is 0 Å². The summed E-state index contributed by atoms with van der Waals surface area (Å²) in [5.74, 6) is -0.400. The van der Waals surface area contributed by atoms with Gasteiger partial charge in [0.15, 0.2) is 5.78 Å². The van der Waals surface area contributed by atoms with Crippen molar-refractivity contribution in [2.24, 2.45) is 0 Å². The molecule has 1 amide bonds. The Bertz CT molecular complexity index is 566. The number of Topliss-reactive ketones (excluding diaryl/α,β-unsaturated/α-hetero) is 1. The number of ketones is 1. The van der Waals surface area contributed by atoms with E-state index < -0.39 is 0 Å². The molecule has 0 spiro atoms. The van der Waals surface area contributed by atoms with Gasteiger partial charge in [0.1, 0.15) is 0 Å². The van der Waals surface area contributed by atoms with Crippen molar-refractivity contribution in [2.75, 3.05) is 6.54 Å². The second-order valence-corrected chi connectivity index (χ2v) is 4.98. The zero-order valence-corrected chi connectivity index (χ0v) is 10.9. The summed E-state index contributed by atoms with van der Waals surface area (Å²) in [5.41, 5.74) is 0.446. The van der Waals surface area contributed by atoms with E-state index in [2.05, 4.69) is 5.32 Å². The van der Waals surface area contributed by atoms with Gasteiger partial charge >= 0.3 is 0 Å². The molecule has 0 aliphatic heterocycles. The van der Waals surface area contributed by atoms with Crippen molar-refractivity contribution in [3.05, 3.63) is 57.2 Å². The van der Waals surface area contributed by atoms with E-state index in [0.717, 1.165) is 0 Å². The summed E-state index contributed by atoms with van der Waals surface area (Å²) in [5, 5.41) is 4.89. The first-order chi connectivity index (χ1) is 8.66. The lowest BCUT2D eigenvalue weighted by Gasteiger charge is -2.03. The highest BCUT2D eigenvalue weighted by Gasteiger charge is 2.10. The topological polar surface area (TPSA) is 46.2 Å². The van der Waals surface area contributed by atoms with Gasteiger partial charge in [-0.05, 0) is 29.6 Å². The molecule has 1 aromatic carbocycles. The van der Waals surface area contributed by atoms with E-state index in [4.69, 9.17) is 11.6 Å². The molecule has 92 valence electrons. The van der Waals surface area contributed by atoms with Crippen LogP contribution in [0.25, 0.3) is 0 Å². The van der Waals surface area contributed by atoms with Crippen LogP contribution in [0.15, 0.2) is 41.8 Å². The van der Waals surface area contributed by atoms with E-state index in [0.29, 0.717) is 15.5 Å². The number of carbonyl (C=O) groups is 2. The van der Waals surface area contributed by atoms with Crippen LogP contribution < -0.4 is 5.32 Å². The van der Waals surface area contributed by atoms with Crippen molar-refractivity contribution < 1.29 is 9.59 Å². The predicted molar refractivity (Wildman–Crippen MR) is 72.4 cm³/mol. The van der Waals surface area contributed by atoms with Gasteiger partial charge in [-0.25, -0.2) is 0 Å². The number of amides is 1. The zero-order chi connectivity index (χ0) is 13.0. The maximum Gasteiger partial charge on any atom is 0.251 e. The minimum Gasteiger partial charge on any atom is -0.345 e. The Hall–Kier alpha value is -1.65. The summed E-state index contributed by atoms with van der Waals surface area (Å²) in [4.78, 5) is 24.1. The van der Waals surface area contributed by atoms with Crippen LogP contribution in [0.5, 0.6) is 0 Å². The molecule has 0 unspecified atom stereocenters. The van der Waals surface area contributed by atoms with Crippen molar-refractivity contribution in [2.45, 2.75) is 0 Å². The summed E-state index contributed by atoms with van der Waals surface area (Å²) >= 11 is 7.15. The molecule has 1 aromatic heterocycles. The highest BCUT2D eigenvalue weighted by Crippen LogP contribution is 2.11. The van der Waals surface area contributed by atoms with Gasteiger partial charge < -0.3 is 5.32 Å². The second-order valence-electron chi connectivity index (χ2n) is 3.59. The summed E-state index contributed by atoms with van der Waals surface area (Å²) < 4.78 is 0.